The Labute approximate surface area is 150 Å². The molecule has 0 bridgehead atoms. The van der Waals surface area contributed by atoms with Crippen LogP contribution < -0.4 is 0 Å². The number of hydrogen-bond acceptors (Lipinski definition) is 4. The number of carbonyl (C=O) groups excluding carboxylic acids is 1. The number of hydrogen-bond donors (Lipinski definition) is 1. The molecule has 1 amide bonds. The molecule has 2 aromatic heterocycles. The maximum Gasteiger partial charge on any atom is 0.426 e. The molecule has 11 heteroatoms. The first-order chi connectivity index (χ1) is 12.4. The van der Waals surface area contributed by atoms with Gasteiger partial charge in [0.05, 0.1) is 30.7 Å². The molecule has 3 heterocycles. The zero-order valence-electron chi connectivity index (χ0n) is 14.3. The molecule has 27 heavy (non-hydrogen) atoms. The molecule has 6 nitrogen and oxygen atoms in total. The van der Waals surface area contributed by atoms with Crippen molar-refractivity contribution < 1.29 is 31.9 Å². The summed E-state index contributed by atoms with van der Waals surface area (Å²) >= 11 is 0. The highest BCUT2D eigenvalue weighted by molar-refractivity contribution is 5.85. The van der Waals surface area contributed by atoms with E-state index in [0.29, 0.717) is 18.7 Å². The number of rotatable bonds is 2. The van der Waals surface area contributed by atoms with Crippen molar-refractivity contribution in [1.82, 2.24) is 19.4 Å². The fourth-order valence-corrected chi connectivity index (χ4v) is 3.00. The van der Waals surface area contributed by atoms with Gasteiger partial charge in [-0.2, -0.15) is 13.2 Å². The lowest BCUT2D eigenvalue weighted by atomic mass is 10.0. The first-order valence-electron chi connectivity index (χ1n) is 7.89. The summed E-state index contributed by atoms with van der Waals surface area (Å²) in [4.78, 5) is 20.8. The molecule has 0 aromatic carbocycles. The second-order valence-corrected chi connectivity index (χ2v) is 6.53. The lowest BCUT2D eigenvalue weighted by Crippen LogP contribution is -2.57. The molecule has 1 aliphatic rings. The highest BCUT2D eigenvalue weighted by atomic mass is 19.4. The van der Waals surface area contributed by atoms with Crippen molar-refractivity contribution in [3.05, 3.63) is 35.8 Å². The van der Waals surface area contributed by atoms with E-state index in [9.17, 15) is 31.9 Å². The fourth-order valence-electron chi connectivity index (χ4n) is 3.00. The van der Waals surface area contributed by atoms with Crippen molar-refractivity contribution in [3.63, 3.8) is 0 Å². The number of aliphatic hydroxyl groups is 1. The van der Waals surface area contributed by atoms with Gasteiger partial charge >= 0.3 is 6.18 Å². The Morgan fingerprint density at radius 2 is 1.93 bits per heavy atom. The average molecular weight is 390 g/mol. The minimum Gasteiger partial charge on any atom is -0.373 e. The monoisotopic (exact) mass is 390 g/mol. The summed E-state index contributed by atoms with van der Waals surface area (Å²) in [7, 11) is 0. The van der Waals surface area contributed by atoms with Crippen LogP contribution in [0.15, 0.2) is 18.5 Å². The van der Waals surface area contributed by atoms with Crippen LogP contribution in [0.4, 0.5) is 22.0 Å². The maximum atomic E-state index is 14.0. The molecule has 146 valence electrons. The van der Waals surface area contributed by atoms with Crippen LogP contribution in [0.25, 0.3) is 11.5 Å². The van der Waals surface area contributed by atoms with Crippen molar-refractivity contribution >= 4 is 5.91 Å². The fraction of sp³-hybridized carbons (Fsp3) is 0.438. The molecule has 1 aliphatic heterocycles. The van der Waals surface area contributed by atoms with E-state index in [1.807, 2.05) is 0 Å². The second kappa shape index (κ2) is 6.25. The molecule has 0 unspecified atom stereocenters. The first-order valence-corrected chi connectivity index (χ1v) is 7.89. The summed E-state index contributed by atoms with van der Waals surface area (Å²) in [6.45, 7) is 1.57. The van der Waals surface area contributed by atoms with Gasteiger partial charge in [-0.25, -0.2) is 18.7 Å². The van der Waals surface area contributed by atoms with Crippen LogP contribution in [0, 0.1) is 11.6 Å². The lowest BCUT2D eigenvalue weighted by Gasteiger charge is -2.37. The van der Waals surface area contributed by atoms with Crippen molar-refractivity contribution in [1.29, 1.82) is 0 Å². The molecule has 2 aromatic rings. The van der Waals surface area contributed by atoms with Gasteiger partial charge in [0.2, 0.25) is 5.60 Å². The van der Waals surface area contributed by atoms with Crippen molar-refractivity contribution in [2.24, 2.45) is 0 Å². The number of alkyl halides is 3. The van der Waals surface area contributed by atoms with E-state index in [4.69, 9.17) is 0 Å². The van der Waals surface area contributed by atoms with Crippen LogP contribution in [0.2, 0.25) is 0 Å². The van der Waals surface area contributed by atoms with Gasteiger partial charge in [-0.15, -0.1) is 0 Å². The average Bonchev–Trinajstić information content (AvgIpc) is 2.97. The van der Waals surface area contributed by atoms with Crippen molar-refractivity contribution in [2.45, 2.75) is 38.2 Å². The molecule has 0 radical (unpaired) electrons. The third kappa shape index (κ3) is 3.15. The zero-order chi connectivity index (χ0) is 20.1. The minimum absolute atomic E-state index is 0.0738. The number of fused-ring (bicyclic) bond motifs is 1. The van der Waals surface area contributed by atoms with Crippen LogP contribution >= 0.6 is 0 Å². The maximum absolute atomic E-state index is 14.0. The number of amides is 1. The zero-order valence-corrected chi connectivity index (χ0v) is 14.3. The number of halogens is 5. The molecule has 1 N–H and O–H groups in total. The molecule has 0 saturated carbocycles. The molecule has 0 saturated heterocycles. The Bertz CT molecular complexity index is 893. The largest absolute Gasteiger partial charge is 0.426 e. The number of carbonyl (C=O) groups is 1. The summed E-state index contributed by atoms with van der Waals surface area (Å²) in [5.41, 5.74) is -3.40. The highest BCUT2D eigenvalue weighted by Gasteiger charge is 2.57. The SMILES string of the molecule is C[C@H]1CN(C(=O)[C@@](C)(O)C(F)(F)F)Cc2cnc(-c3ncc(F)cc3F)n21. The number of imidazole rings is 1. The van der Waals surface area contributed by atoms with Gasteiger partial charge in [0, 0.05) is 12.6 Å². The van der Waals surface area contributed by atoms with Crippen molar-refractivity contribution in [3.8, 4) is 11.5 Å². The summed E-state index contributed by atoms with van der Waals surface area (Å²) in [6, 6.07) is 0.0684. The Hall–Kier alpha value is -2.56. The van der Waals surface area contributed by atoms with Crippen LogP contribution in [-0.4, -0.2) is 48.8 Å². The van der Waals surface area contributed by atoms with E-state index >= 15 is 0 Å². The summed E-state index contributed by atoms with van der Waals surface area (Å²) < 4.78 is 67.4. The van der Waals surface area contributed by atoms with Crippen LogP contribution in [0.1, 0.15) is 25.6 Å². The first kappa shape index (κ1) is 19.2. The Morgan fingerprint density at radius 1 is 1.26 bits per heavy atom. The standard InChI is InChI=1S/C16H15F5N4O2/c1-8-6-24(14(26)15(2,27)16(19,20)21)7-10-5-23-13(25(8)10)12-11(18)3-9(17)4-22-12/h3-5,8,27H,6-7H2,1-2H3/t8-,15+/m0/s1. The molecular formula is C16H15F5N4O2. The minimum atomic E-state index is -5.13. The Balaban J connectivity index is 1.95. The Kier molecular flexibility index (Phi) is 4.45. The quantitative estimate of drug-likeness (QED) is 0.800. The van der Waals surface area contributed by atoms with Gasteiger partial charge in [-0.05, 0) is 13.8 Å². The van der Waals surface area contributed by atoms with Gasteiger partial charge in [-0.3, -0.25) is 4.79 Å². The predicted molar refractivity (Wildman–Crippen MR) is 82.2 cm³/mol. The summed E-state index contributed by atoms with van der Waals surface area (Å²) in [6.07, 6.45) is -3.03. The van der Waals surface area contributed by atoms with Gasteiger partial charge in [0.1, 0.15) is 11.5 Å². The lowest BCUT2D eigenvalue weighted by molar-refractivity contribution is -0.251. The van der Waals surface area contributed by atoms with Crippen LogP contribution in [-0.2, 0) is 11.3 Å². The molecule has 0 spiro atoms. The molecular weight excluding hydrogens is 375 g/mol. The van der Waals surface area contributed by atoms with Gasteiger partial charge in [-0.1, -0.05) is 0 Å². The molecule has 2 atom stereocenters. The molecule has 3 rings (SSSR count). The van der Waals surface area contributed by atoms with Gasteiger partial charge in [0.15, 0.2) is 11.6 Å². The smallest absolute Gasteiger partial charge is 0.373 e. The normalized spacial score (nSPS) is 19.6. The topological polar surface area (TPSA) is 71.2 Å². The van der Waals surface area contributed by atoms with Crippen LogP contribution in [0.3, 0.4) is 0 Å². The van der Waals surface area contributed by atoms with Crippen LogP contribution in [0.5, 0.6) is 0 Å². The Morgan fingerprint density at radius 3 is 2.52 bits per heavy atom. The van der Waals surface area contributed by atoms with Gasteiger partial charge < -0.3 is 14.6 Å². The predicted octanol–water partition coefficient (Wildman–Crippen LogP) is 2.44. The second-order valence-electron chi connectivity index (χ2n) is 6.53. The third-order valence-corrected chi connectivity index (χ3v) is 4.43. The van der Waals surface area contributed by atoms with Crippen molar-refractivity contribution in [2.75, 3.05) is 6.54 Å². The van der Waals surface area contributed by atoms with Gasteiger partial charge in [0.25, 0.3) is 5.91 Å². The van der Waals surface area contributed by atoms with E-state index in [2.05, 4.69) is 9.97 Å². The van der Waals surface area contributed by atoms with E-state index < -0.39 is 35.4 Å². The number of nitrogens with zero attached hydrogens (tertiary/aromatic N) is 4. The van der Waals surface area contributed by atoms with E-state index in [0.717, 1.165) is 11.1 Å². The van der Waals surface area contributed by atoms with E-state index in [1.54, 1.807) is 6.92 Å². The molecule has 0 fully saturated rings. The third-order valence-electron chi connectivity index (χ3n) is 4.43. The highest BCUT2D eigenvalue weighted by Crippen LogP contribution is 2.35. The number of pyridine rings is 1. The number of aromatic nitrogens is 3. The molecule has 0 aliphatic carbocycles. The summed E-state index contributed by atoms with van der Waals surface area (Å²) in [5.74, 6) is -3.21. The van der Waals surface area contributed by atoms with E-state index in [1.165, 1.54) is 10.8 Å². The summed E-state index contributed by atoms with van der Waals surface area (Å²) in [5, 5.41) is 9.62. The van der Waals surface area contributed by atoms with E-state index in [-0.39, 0.29) is 24.6 Å².